The van der Waals surface area contributed by atoms with E-state index in [9.17, 15) is 0 Å². The molecule has 0 aliphatic heterocycles. The van der Waals surface area contributed by atoms with Crippen LogP contribution >= 0.6 is 0 Å². The Bertz CT molecular complexity index is 973. The number of benzene rings is 1. The molecular formula is C24H27N. The van der Waals surface area contributed by atoms with Crippen molar-refractivity contribution in [3.05, 3.63) is 83.6 Å². The van der Waals surface area contributed by atoms with Crippen LogP contribution in [-0.4, -0.2) is 4.57 Å². The highest BCUT2D eigenvalue weighted by atomic mass is 15.0. The first kappa shape index (κ1) is 17.3. The van der Waals surface area contributed by atoms with Crippen LogP contribution in [0.15, 0.2) is 61.2 Å². The van der Waals surface area contributed by atoms with E-state index in [2.05, 4.69) is 70.2 Å². The predicted octanol–water partition coefficient (Wildman–Crippen LogP) is 6.77. The average Bonchev–Trinajstić information content (AvgIpc) is 2.82. The lowest BCUT2D eigenvalue weighted by Gasteiger charge is -2.21. The van der Waals surface area contributed by atoms with Crippen molar-refractivity contribution >= 4 is 22.0 Å². The topological polar surface area (TPSA) is 4.93 Å². The van der Waals surface area contributed by atoms with Crippen molar-refractivity contribution in [3.8, 4) is 0 Å². The van der Waals surface area contributed by atoms with Crippen molar-refractivity contribution in [1.29, 1.82) is 0 Å². The summed E-state index contributed by atoms with van der Waals surface area (Å²) in [7, 11) is 0. The number of fused-ring (bicyclic) bond motifs is 3. The van der Waals surface area contributed by atoms with E-state index in [4.69, 9.17) is 0 Å². The van der Waals surface area contributed by atoms with Gasteiger partial charge in [-0.1, -0.05) is 49.1 Å². The maximum atomic E-state index is 4.40. The number of nitrogens with zero attached hydrogens (tertiary/aromatic N) is 1. The Balaban J connectivity index is 2.46. The number of hydrogen-bond acceptors (Lipinski definition) is 0. The van der Waals surface area contributed by atoms with Gasteiger partial charge in [0.05, 0.1) is 5.69 Å². The minimum absolute atomic E-state index is 0.824. The summed E-state index contributed by atoms with van der Waals surface area (Å²) in [5.74, 6) is 0. The van der Waals surface area contributed by atoms with Crippen molar-refractivity contribution in [2.24, 2.45) is 0 Å². The maximum Gasteiger partial charge on any atom is 0.0530 e. The Hall–Kier alpha value is -2.54. The van der Waals surface area contributed by atoms with Gasteiger partial charge in [0.15, 0.2) is 0 Å². The summed E-state index contributed by atoms with van der Waals surface area (Å²) in [6.07, 6.45) is 6.97. The molecule has 0 unspecified atom stereocenters. The smallest absolute Gasteiger partial charge is 0.0530 e. The summed E-state index contributed by atoms with van der Waals surface area (Å²) >= 11 is 0. The first-order chi connectivity index (χ1) is 11.8. The van der Waals surface area contributed by atoms with Gasteiger partial charge in [-0.2, -0.15) is 0 Å². The quantitative estimate of drug-likeness (QED) is 0.431. The second kappa shape index (κ2) is 6.40. The molecule has 0 saturated carbocycles. The van der Waals surface area contributed by atoms with E-state index < -0.39 is 0 Å². The molecule has 1 aromatic heterocycles. The molecule has 0 amide bonds. The van der Waals surface area contributed by atoms with Crippen molar-refractivity contribution in [2.45, 2.75) is 40.7 Å². The lowest BCUT2D eigenvalue weighted by atomic mass is 9.85. The third-order valence-corrected chi connectivity index (χ3v) is 5.05. The van der Waals surface area contributed by atoms with Crippen LogP contribution in [0.25, 0.3) is 22.0 Å². The molecule has 0 atom stereocenters. The van der Waals surface area contributed by atoms with Gasteiger partial charge in [-0.15, -0.1) is 0 Å². The van der Waals surface area contributed by atoms with Gasteiger partial charge in [-0.3, -0.25) is 0 Å². The molecule has 25 heavy (non-hydrogen) atoms. The summed E-state index contributed by atoms with van der Waals surface area (Å²) in [5.41, 5.74) is 11.5. The van der Waals surface area contributed by atoms with Gasteiger partial charge >= 0.3 is 0 Å². The van der Waals surface area contributed by atoms with E-state index in [1.54, 1.807) is 0 Å². The molecule has 1 heteroatoms. The fourth-order valence-corrected chi connectivity index (χ4v) is 3.78. The first-order valence-corrected chi connectivity index (χ1v) is 8.80. The largest absolute Gasteiger partial charge is 0.336 e. The molecule has 0 N–H and O–H groups in total. The van der Waals surface area contributed by atoms with Crippen molar-refractivity contribution < 1.29 is 0 Å². The Labute approximate surface area is 151 Å². The SMILES string of the molecule is C=C/C=C\C1=C(C)CC(=C)c2c1c1cc(C)c(C)cc1n2CC(=C)C. The Morgan fingerprint density at radius 1 is 1.20 bits per heavy atom. The molecule has 1 heterocycles. The van der Waals surface area contributed by atoms with Gasteiger partial charge in [0.2, 0.25) is 0 Å². The van der Waals surface area contributed by atoms with Crippen molar-refractivity contribution in [2.75, 3.05) is 0 Å². The normalized spacial score (nSPS) is 14.5. The van der Waals surface area contributed by atoms with Crippen LogP contribution in [0.4, 0.5) is 0 Å². The summed E-state index contributed by atoms with van der Waals surface area (Å²) in [6, 6.07) is 4.63. The molecule has 1 nitrogen and oxygen atoms in total. The molecule has 3 rings (SSSR count). The maximum absolute atomic E-state index is 4.40. The van der Waals surface area contributed by atoms with Gasteiger partial charge < -0.3 is 4.57 Å². The number of hydrogen-bond donors (Lipinski definition) is 0. The molecule has 128 valence electrons. The fraction of sp³-hybridized carbons (Fsp3) is 0.250. The standard InChI is InChI=1S/C24H27N/c1-8-9-10-20-18(6)11-19(7)24-23(20)21-12-16(4)17(5)13-22(21)25(24)14-15(2)3/h8-10,12-13H,1-2,7,11,14H2,3-6H3/b10-9-. The second-order valence-corrected chi connectivity index (χ2v) is 7.29. The third kappa shape index (κ3) is 2.84. The third-order valence-electron chi connectivity index (χ3n) is 5.05. The van der Waals surface area contributed by atoms with Gasteiger partial charge in [0.1, 0.15) is 0 Å². The summed E-state index contributed by atoms with van der Waals surface area (Å²) < 4.78 is 2.40. The monoisotopic (exact) mass is 329 g/mol. The minimum Gasteiger partial charge on any atom is -0.336 e. The summed E-state index contributed by atoms with van der Waals surface area (Å²) in [6.45, 7) is 21.9. The molecule has 1 aromatic carbocycles. The van der Waals surface area contributed by atoms with Gasteiger partial charge in [-0.25, -0.2) is 0 Å². The Morgan fingerprint density at radius 3 is 2.52 bits per heavy atom. The number of rotatable bonds is 4. The first-order valence-electron chi connectivity index (χ1n) is 8.80. The lowest BCUT2D eigenvalue weighted by molar-refractivity contribution is 0.804. The number of allylic oxidation sites excluding steroid dienone is 7. The predicted molar refractivity (Wildman–Crippen MR) is 112 cm³/mol. The fourth-order valence-electron chi connectivity index (χ4n) is 3.78. The Morgan fingerprint density at radius 2 is 1.88 bits per heavy atom. The number of aryl methyl sites for hydroxylation is 2. The van der Waals surface area contributed by atoms with Crippen LogP contribution in [-0.2, 0) is 6.54 Å². The van der Waals surface area contributed by atoms with E-state index in [1.165, 1.54) is 50.0 Å². The molecular weight excluding hydrogens is 302 g/mol. The van der Waals surface area contributed by atoms with Gasteiger partial charge in [0, 0.05) is 23.0 Å². The number of aromatic nitrogens is 1. The minimum atomic E-state index is 0.824. The Kier molecular flexibility index (Phi) is 4.43. The molecule has 0 saturated heterocycles. The van der Waals surface area contributed by atoms with E-state index >= 15 is 0 Å². The van der Waals surface area contributed by atoms with Crippen LogP contribution in [0.1, 0.15) is 42.7 Å². The highest BCUT2D eigenvalue weighted by Crippen LogP contribution is 2.44. The average molecular weight is 329 g/mol. The van der Waals surface area contributed by atoms with Crippen LogP contribution in [0, 0.1) is 13.8 Å². The zero-order valence-electron chi connectivity index (χ0n) is 15.9. The molecule has 0 spiro atoms. The molecule has 0 bridgehead atoms. The van der Waals surface area contributed by atoms with E-state index in [0.29, 0.717) is 0 Å². The zero-order valence-corrected chi connectivity index (χ0v) is 15.9. The highest BCUT2D eigenvalue weighted by Gasteiger charge is 2.26. The molecule has 1 aliphatic rings. The van der Waals surface area contributed by atoms with Gasteiger partial charge in [-0.05, 0) is 68.5 Å². The van der Waals surface area contributed by atoms with Crippen molar-refractivity contribution in [1.82, 2.24) is 4.57 Å². The molecule has 1 aliphatic carbocycles. The van der Waals surface area contributed by atoms with E-state index in [0.717, 1.165) is 18.5 Å². The summed E-state index contributed by atoms with van der Waals surface area (Å²) in [5, 5.41) is 1.31. The van der Waals surface area contributed by atoms with E-state index in [1.807, 2.05) is 12.2 Å². The van der Waals surface area contributed by atoms with Gasteiger partial charge in [0.25, 0.3) is 0 Å². The molecule has 0 radical (unpaired) electrons. The van der Waals surface area contributed by atoms with Crippen LogP contribution < -0.4 is 0 Å². The van der Waals surface area contributed by atoms with Crippen LogP contribution in [0.2, 0.25) is 0 Å². The van der Waals surface area contributed by atoms with Crippen LogP contribution in [0.5, 0.6) is 0 Å². The zero-order chi connectivity index (χ0) is 18.3. The highest BCUT2D eigenvalue weighted by molar-refractivity contribution is 6.04. The molecule has 0 fully saturated rings. The summed E-state index contributed by atoms with van der Waals surface area (Å²) in [4.78, 5) is 0. The van der Waals surface area contributed by atoms with Crippen molar-refractivity contribution in [3.63, 3.8) is 0 Å². The second-order valence-electron chi connectivity index (χ2n) is 7.29. The molecule has 2 aromatic rings. The van der Waals surface area contributed by atoms with E-state index in [-0.39, 0.29) is 0 Å². The van der Waals surface area contributed by atoms with Crippen LogP contribution in [0.3, 0.4) is 0 Å². The lowest BCUT2D eigenvalue weighted by Crippen LogP contribution is -2.08.